The fourth-order valence-electron chi connectivity index (χ4n) is 1.50. The lowest BCUT2D eigenvalue weighted by Crippen LogP contribution is -2.50. The molecule has 1 N–H and O–H groups in total. The number of esters is 1. The second-order valence-electron chi connectivity index (χ2n) is 5.69. The molecule has 0 heterocycles. The van der Waals surface area contributed by atoms with Crippen LogP contribution in [0, 0.1) is 5.41 Å². The van der Waals surface area contributed by atoms with E-state index in [2.05, 4.69) is 10.1 Å². The summed E-state index contributed by atoms with van der Waals surface area (Å²) in [7, 11) is 1.31. The molecule has 0 aliphatic carbocycles. The van der Waals surface area contributed by atoms with E-state index in [-0.39, 0.29) is 30.7 Å². The maximum atomic E-state index is 12.2. The van der Waals surface area contributed by atoms with Crippen LogP contribution in [0.4, 0.5) is 0 Å². The Hall–Kier alpha value is -1.59. The minimum absolute atomic E-state index is 0.149. The summed E-state index contributed by atoms with van der Waals surface area (Å²) >= 11 is 0. The Morgan fingerprint density at radius 3 is 2.20 bits per heavy atom. The summed E-state index contributed by atoms with van der Waals surface area (Å²) < 4.78 is 4.55. The number of rotatable bonds is 6. The Balaban J connectivity index is 4.52. The zero-order chi connectivity index (χ0) is 15.9. The van der Waals surface area contributed by atoms with Crippen molar-refractivity contribution in [2.45, 2.75) is 47.1 Å². The van der Waals surface area contributed by atoms with Gasteiger partial charge in [0.15, 0.2) is 0 Å². The highest BCUT2D eigenvalue weighted by molar-refractivity contribution is 5.89. The molecule has 1 unspecified atom stereocenters. The minimum atomic E-state index is -0.612. The van der Waals surface area contributed by atoms with Crippen LogP contribution in [0.1, 0.15) is 41.0 Å². The molecule has 1 atom stereocenters. The van der Waals surface area contributed by atoms with Crippen molar-refractivity contribution in [3.05, 3.63) is 0 Å². The number of nitrogens with zero attached hydrogens (tertiary/aromatic N) is 1. The largest absolute Gasteiger partial charge is 0.469 e. The number of methoxy groups -OCH3 is 1. The first kappa shape index (κ1) is 18.4. The number of hydrogen-bond donors (Lipinski definition) is 1. The number of amides is 2. The molecule has 0 bridgehead atoms. The number of carbonyl (C=O) groups excluding carboxylic acids is 3. The van der Waals surface area contributed by atoms with Crippen LogP contribution in [-0.4, -0.2) is 48.9 Å². The molecule has 0 aliphatic heterocycles. The Kier molecular flexibility index (Phi) is 7.24. The molecule has 0 fully saturated rings. The van der Waals surface area contributed by atoms with Gasteiger partial charge in [-0.05, 0) is 13.8 Å². The van der Waals surface area contributed by atoms with Crippen LogP contribution >= 0.6 is 0 Å². The Morgan fingerprint density at radius 2 is 1.80 bits per heavy atom. The van der Waals surface area contributed by atoms with Gasteiger partial charge in [0.05, 0.1) is 13.5 Å². The highest BCUT2D eigenvalue weighted by atomic mass is 16.5. The third-order valence-corrected chi connectivity index (χ3v) is 2.91. The normalized spacial score (nSPS) is 12.5. The molecular weight excluding hydrogens is 260 g/mol. The summed E-state index contributed by atoms with van der Waals surface area (Å²) in [5, 5.41) is 2.69. The molecule has 0 aliphatic rings. The fraction of sp³-hybridized carbons (Fsp3) is 0.786. The van der Waals surface area contributed by atoms with Gasteiger partial charge < -0.3 is 15.0 Å². The van der Waals surface area contributed by atoms with Crippen LogP contribution in [0.2, 0.25) is 0 Å². The lowest BCUT2D eigenvalue weighted by atomic mass is 9.95. The van der Waals surface area contributed by atoms with Crippen molar-refractivity contribution in [2.24, 2.45) is 5.41 Å². The summed E-state index contributed by atoms with van der Waals surface area (Å²) in [5.41, 5.74) is -0.544. The predicted molar refractivity (Wildman–Crippen MR) is 75.9 cm³/mol. The van der Waals surface area contributed by atoms with Crippen LogP contribution in [0.15, 0.2) is 0 Å². The standard InChI is InChI=1S/C14H26N2O4/c1-7-16(9-8-11(17)20-6)12(18)10(2)15-13(19)14(3,4)5/h10H,7-9H2,1-6H3,(H,15,19). The van der Waals surface area contributed by atoms with E-state index < -0.39 is 11.5 Å². The Morgan fingerprint density at radius 1 is 1.25 bits per heavy atom. The number of carbonyl (C=O) groups is 3. The quantitative estimate of drug-likeness (QED) is 0.738. The number of hydrogen-bond acceptors (Lipinski definition) is 4. The fourth-order valence-corrected chi connectivity index (χ4v) is 1.50. The third-order valence-electron chi connectivity index (χ3n) is 2.91. The van der Waals surface area contributed by atoms with Crippen LogP contribution < -0.4 is 5.32 Å². The second-order valence-corrected chi connectivity index (χ2v) is 5.69. The Bertz CT molecular complexity index is 361. The van der Waals surface area contributed by atoms with Crippen molar-refractivity contribution in [3.8, 4) is 0 Å². The average Bonchev–Trinajstić information content (AvgIpc) is 2.37. The lowest BCUT2D eigenvalue weighted by molar-refractivity contribution is -0.143. The molecule has 0 spiro atoms. The molecule has 116 valence electrons. The van der Waals surface area contributed by atoms with E-state index >= 15 is 0 Å². The van der Waals surface area contributed by atoms with Crippen molar-refractivity contribution in [1.82, 2.24) is 10.2 Å². The van der Waals surface area contributed by atoms with Crippen LogP contribution in [0.5, 0.6) is 0 Å². The average molecular weight is 286 g/mol. The summed E-state index contributed by atoms with van der Waals surface area (Å²) in [6.45, 7) is 9.60. The molecule has 0 aromatic rings. The summed E-state index contributed by atoms with van der Waals surface area (Å²) in [4.78, 5) is 36.7. The van der Waals surface area contributed by atoms with Crippen molar-refractivity contribution in [3.63, 3.8) is 0 Å². The van der Waals surface area contributed by atoms with Gasteiger partial charge in [-0.25, -0.2) is 0 Å². The van der Waals surface area contributed by atoms with Crippen molar-refractivity contribution in [2.75, 3.05) is 20.2 Å². The molecule has 0 rings (SSSR count). The summed E-state index contributed by atoms with van der Waals surface area (Å²) in [5.74, 6) is -0.737. The number of ether oxygens (including phenoxy) is 1. The lowest BCUT2D eigenvalue weighted by Gasteiger charge is -2.26. The minimum Gasteiger partial charge on any atom is -0.469 e. The molecular formula is C14H26N2O4. The third kappa shape index (κ3) is 6.04. The molecule has 0 aromatic carbocycles. The van der Waals surface area contributed by atoms with Crippen LogP contribution in [0.3, 0.4) is 0 Å². The van der Waals surface area contributed by atoms with E-state index in [1.54, 1.807) is 27.7 Å². The van der Waals surface area contributed by atoms with Crippen molar-refractivity contribution < 1.29 is 19.1 Å². The Labute approximate surface area is 120 Å². The number of nitrogens with one attached hydrogen (secondary N) is 1. The van der Waals surface area contributed by atoms with E-state index in [9.17, 15) is 14.4 Å². The molecule has 6 nitrogen and oxygen atoms in total. The van der Waals surface area contributed by atoms with Gasteiger partial charge in [0, 0.05) is 18.5 Å². The zero-order valence-corrected chi connectivity index (χ0v) is 13.3. The smallest absolute Gasteiger partial charge is 0.307 e. The van der Waals surface area contributed by atoms with E-state index in [0.717, 1.165) is 0 Å². The van der Waals surface area contributed by atoms with Gasteiger partial charge >= 0.3 is 5.97 Å². The summed E-state index contributed by atoms with van der Waals surface area (Å²) in [6.07, 6.45) is 0.149. The van der Waals surface area contributed by atoms with E-state index in [4.69, 9.17) is 0 Å². The molecule has 20 heavy (non-hydrogen) atoms. The van der Waals surface area contributed by atoms with Gasteiger partial charge in [0.2, 0.25) is 11.8 Å². The highest BCUT2D eigenvalue weighted by Crippen LogP contribution is 2.13. The first-order valence-corrected chi connectivity index (χ1v) is 6.80. The van der Waals surface area contributed by atoms with E-state index in [1.807, 2.05) is 6.92 Å². The first-order chi connectivity index (χ1) is 9.13. The number of likely N-dealkylation sites (N-methyl/N-ethyl adjacent to an activating group) is 1. The van der Waals surface area contributed by atoms with E-state index in [0.29, 0.717) is 6.54 Å². The van der Waals surface area contributed by atoms with Crippen molar-refractivity contribution in [1.29, 1.82) is 0 Å². The van der Waals surface area contributed by atoms with Gasteiger partial charge in [-0.1, -0.05) is 20.8 Å². The van der Waals surface area contributed by atoms with E-state index in [1.165, 1.54) is 12.0 Å². The zero-order valence-electron chi connectivity index (χ0n) is 13.3. The first-order valence-electron chi connectivity index (χ1n) is 6.80. The highest BCUT2D eigenvalue weighted by Gasteiger charge is 2.27. The second kappa shape index (κ2) is 7.87. The maximum Gasteiger partial charge on any atom is 0.307 e. The monoisotopic (exact) mass is 286 g/mol. The predicted octanol–water partition coefficient (Wildman–Crippen LogP) is 0.949. The van der Waals surface area contributed by atoms with Crippen LogP contribution in [0.25, 0.3) is 0 Å². The molecule has 0 radical (unpaired) electrons. The van der Waals surface area contributed by atoms with Gasteiger partial charge in [-0.2, -0.15) is 0 Å². The van der Waals surface area contributed by atoms with Gasteiger partial charge in [-0.3, -0.25) is 14.4 Å². The van der Waals surface area contributed by atoms with Gasteiger partial charge in [-0.15, -0.1) is 0 Å². The molecule has 0 saturated heterocycles. The van der Waals surface area contributed by atoms with Crippen LogP contribution in [-0.2, 0) is 19.1 Å². The molecule has 0 aromatic heterocycles. The molecule has 0 saturated carbocycles. The molecule has 6 heteroatoms. The van der Waals surface area contributed by atoms with Crippen molar-refractivity contribution >= 4 is 17.8 Å². The van der Waals surface area contributed by atoms with Gasteiger partial charge in [0.25, 0.3) is 0 Å². The SMILES string of the molecule is CCN(CCC(=O)OC)C(=O)C(C)NC(=O)C(C)(C)C. The van der Waals surface area contributed by atoms with Gasteiger partial charge in [0.1, 0.15) is 6.04 Å². The topological polar surface area (TPSA) is 75.7 Å². The summed E-state index contributed by atoms with van der Waals surface area (Å²) in [6, 6.07) is -0.612. The molecule has 2 amide bonds. The maximum absolute atomic E-state index is 12.2.